The van der Waals surface area contributed by atoms with Crippen LogP contribution < -0.4 is 10.1 Å². The maximum atomic E-state index is 12.0. The van der Waals surface area contributed by atoms with Crippen LogP contribution in [-0.2, 0) is 4.79 Å². The van der Waals surface area contributed by atoms with Crippen molar-refractivity contribution < 1.29 is 19.4 Å². The van der Waals surface area contributed by atoms with E-state index in [0.29, 0.717) is 23.5 Å². The van der Waals surface area contributed by atoms with E-state index in [0.717, 1.165) is 12.8 Å². The standard InChI is InChI=1S/C13H17NO4S/c1-18-10-6-11(19-7-10)12(15)14-9-4-2-8(3-5-9)13(16)17/h6-9H,2-5H2,1H3,(H,14,15)(H,16,17). The van der Waals surface area contributed by atoms with Crippen molar-refractivity contribution in [2.45, 2.75) is 31.7 Å². The normalized spacial score (nSPS) is 22.8. The minimum absolute atomic E-state index is 0.0798. The highest BCUT2D eigenvalue weighted by molar-refractivity contribution is 7.12. The Morgan fingerprint density at radius 1 is 1.37 bits per heavy atom. The zero-order chi connectivity index (χ0) is 13.8. The lowest BCUT2D eigenvalue weighted by atomic mass is 9.86. The minimum Gasteiger partial charge on any atom is -0.496 e. The Morgan fingerprint density at radius 2 is 2.05 bits per heavy atom. The van der Waals surface area contributed by atoms with Crippen LogP contribution in [0.25, 0.3) is 0 Å². The van der Waals surface area contributed by atoms with E-state index in [1.54, 1.807) is 18.6 Å². The Labute approximate surface area is 115 Å². The summed E-state index contributed by atoms with van der Waals surface area (Å²) in [5.74, 6) is -0.403. The topological polar surface area (TPSA) is 75.6 Å². The highest BCUT2D eigenvalue weighted by Crippen LogP contribution is 2.26. The Hall–Kier alpha value is -1.56. The number of carboxylic acids is 1. The van der Waals surface area contributed by atoms with Crippen LogP contribution in [0.3, 0.4) is 0 Å². The van der Waals surface area contributed by atoms with Gasteiger partial charge in [0.15, 0.2) is 0 Å². The van der Waals surface area contributed by atoms with Crippen molar-refractivity contribution in [3.8, 4) is 5.75 Å². The zero-order valence-electron chi connectivity index (χ0n) is 10.7. The van der Waals surface area contributed by atoms with Gasteiger partial charge in [0.2, 0.25) is 0 Å². The van der Waals surface area contributed by atoms with Crippen molar-refractivity contribution in [1.82, 2.24) is 5.32 Å². The van der Waals surface area contributed by atoms with Crippen LogP contribution >= 0.6 is 11.3 Å². The van der Waals surface area contributed by atoms with Crippen molar-refractivity contribution in [3.63, 3.8) is 0 Å². The van der Waals surface area contributed by atoms with Crippen LogP contribution in [0.4, 0.5) is 0 Å². The Balaban J connectivity index is 1.85. The number of hydrogen-bond acceptors (Lipinski definition) is 4. The largest absolute Gasteiger partial charge is 0.496 e. The molecule has 2 N–H and O–H groups in total. The Bertz CT molecular complexity index is 463. The van der Waals surface area contributed by atoms with E-state index in [4.69, 9.17) is 9.84 Å². The molecule has 0 spiro atoms. The van der Waals surface area contributed by atoms with E-state index in [1.807, 2.05) is 0 Å². The minimum atomic E-state index is -0.729. The molecular weight excluding hydrogens is 266 g/mol. The summed E-state index contributed by atoms with van der Waals surface area (Å²) < 4.78 is 5.04. The SMILES string of the molecule is COc1csc(C(=O)NC2CCC(C(=O)O)CC2)c1. The first-order valence-electron chi connectivity index (χ1n) is 6.26. The molecule has 1 saturated carbocycles. The number of thiophene rings is 1. The molecule has 0 bridgehead atoms. The maximum absolute atomic E-state index is 12.0. The first-order chi connectivity index (χ1) is 9.10. The average molecular weight is 283 g/mol. The number of methoxy groups -OCH3 is 1. The molecule has 104 valence electrons. The maximum Gasteiger partial charge on any atom is 0.306 e. The number of carbonyl (C=O) groups excluding carboxylic acids is 1. The number of hydrogen-bond donors (Lipinski definition) is 2. The third kappa shape index (κ3) is 3.47. The second-order valence-corrected chi connectivity index (χ2v) is 5.62. The average Bonchev–Trinajstić information content (AvgIpc) is 2.88. The van der Waals surface area contributed by atoms with Gasteiger partial charge in [-0.3, -0.25) is 9.59 Å². The van der Waals surface area contributed by atoms with E-state index in [9.17, 15) is 9.59 Å². The summed E-state index contributed by atoms with van der Waals surface area (Å²) in [6, 6.07) is 1.79. The molecule has 1 fully saturated rings. The second-order valence-electron chi connectivity index (χ2n) is 4.71. The lowest BCUT2D eigenvalue weighted by molar-refractivity contribution is -0.142. The molecule has 0 unspecified atom stereocenters. The molecule has 1 aliphatic rings. The second kappa shape index (κ2) is 6.06. The van der Waals surface area contributed by atoms with Crippen molar-refractivity contribution in [1.29, 1.82) is 0 Å². The molecule has 0 radical (unpaired) electrons. The molecule has 1 aromatic rings. The molecule has 0 saturated heterocycles. The van der Waals surface area contributed by atoms with Crippen molar-refractivity contribution in [2.24, 2.45) is 5.92 Å². The number of ether oxygens (including phenoxy) is 1. The molecule has 0 aromatic carbocycles. The highest BCUT2D eigenvalue weighted by Gasteiger charge is 2.27. The lowest BCUT2D eigenvalue weighted by Crippen LogP contribution is -2.38. The molecule has 0 aliphatic heterocycles. The summed E-state index contributed by atoms with van der Waals surface area (Å²) in [5, 5.41) is 13.7. The molecule has 5 nitrogen and oxygen atoms in total. The summed E-state index contributed by atoms with van der Waals surface area (Å²) in [6.45, 7) is 0. The predicted octanol–water partition coefficient (Wildman–Crippen LogP) is 2.13. The monoisotopic (exact) mass is 283 g/mol. The fraction of sp³-hybridized carbons (Fsp3) is 0.538. The summed E-state index contributed by atoms with van der Waals surface area (Å²) in [5.41, 5.74) is 0. The van der Waals surface area contributed by atoms with Gasteiger partial charge in [-0.25, -0.2) is 0 Å². The predicted molar refractivity (Wildman–Crippen MR) is 71.7 cm³/mol. The molecule has 1 aromatic heterocycles. The first kappa shape index (κ1) is 13.9. The highest BCUT2D eigenvalue weighted by atomic mass is 32.1. The first-order valence-corrected chi connectivity index (χ1v) is 7.14. The van der Waals surface area contributed by atoms with Crippen LogP contribution in [0.2, 0.25) is 0 Å². The smallest absolute Gasteiger partial charge is 0.306 e. The number of carbonyl (C=O) groups is 2. The molecule has 1 aliphatic carbocycles. The van der Waals surface area contributed by atoms with Gasteiger partial charge in [-0.1, -0.05) is 0 Å². The lowest BCUT2D eigenvalue weighted by Gasteiger charge is -2.26. The summed E-state index contributed by atoms with van der Waals surface area (Å²) in [6.07, 6.45) is 2.72. The van der Waals surface area contributed by atoms with E-state index in [2.05, 4.69) is 5.32 Å². The van der Waals surface area contributed by atoms with E-state index < -0.39 is 5.97 Å². The van der Waals surface area contributed by atoms with Gasteiger partial charge < -0.3 is 15.2 Å². The van der Waals surface area contributed by atoms with Crippen molar-refractivity contribution in [2.75, 3.05) is 7.11 Å². The van der Waals surface area contributed by atoms with Crippen LogP contribution in [0.5, 0.6) is 5.75 Å². The van der Waals surface area contributed by atoms with Crippen molar-refractivity contribution in [3.05, 3.63) is 16.3 Å². The molecule has 19 heavy (non-hydrogen) atoms. The van der Waals surface area contributed by atoms with E-state index in [-0.39, 0.29) is 17.9 Å². The van der Waals surface area contributed by atoms with Crippen LogP contribution in [0, 0.1) is 5.92 Å². The fourth-order valence-electron chi connectivity index (χ4n) is 2.29. The van der Waals surface area contributed by atoms with Gasteiger partial charge in [-0.2, -0.15) is 0 Å². The van der Waals surface area contributed by atoms with Gasteiger partial charge in [-0.15, -0.1) is 11.3 Å². The Morgan fingerprint density at radius 3 is 2.58 bits per heavy atom. The molecular formula is C13H17NO4S. The molecule has 6 heteroatoms. The zero-order valence-corrected chi connectivity index (χ0v) is 11.5. The third-order valence-electron chi connectivity index (χ3n) is 3.45. The van der Waals surface area contributed by atoms with Gasteiger partial charge in [0.1, 0.15) is 5.75 Å². The molecule has 2 rings (SSSR count). The number of nitrogens with one attached hydrogen (secondary N) is 1. The van der Waals surface area contributed by atoms with E-state index in [1.165, 1.54) is 11.3 Å². The van der Waals surface area contributed by atoms with Crippen LogP contribution in [0.15, 0.2) is 11.4 Å². The summed E-state index contributed by atoms with van der Waals surface area (Å²) >= 11 is 1.35. The van der Waals surface area contributed by atoms with Gasteiger partial charge in [0, 0.05) is 17.5 Å². The van der Waals surface area contributed by atoms with Crippen molar-refractivity contribution >= 4 is 23.2 Å². The summed E-state index contributed by atoms with van der Waals surface area (Å²) in [7, 11) is 1.57. The van der Waals surface area contributed by atoms with Gasteiger partial charge in [-0.05, 0) is 25.7 Å². The molecule has 1 heterocycles. The summed E-state index contributed by atoms with van der Waals surface area (Å²) in [4.78, 5) is 23.4. The van der Waals surface area contributed by atoms with Crippen LogP contribution in [0.1, 0.15) is 35.4 Å². The number of rotatable bonds is 4. The van der Waals surface area contributed by atoms with Gasteiger partial charge in [0.25, 0.3) is 5.91 Å². The van der Waals surface area contributed by atoms with E-state index >= 15 is 0 Å². The van der Waals surface area contributed by atoms with Crippen LogP contribution in [-0.4, -0.2) is 30.1 Å². The molecule has 0 atom stereocenters. The van der Waals surface area contributed by atoms with Gasteiger partial charge in [0.05, 0.1) is 17.9 Å². The quantitative estimate of drug-likeness (QED) is 0.887. The van der Waals surface area contributed by atoms with Gasteiger partial charge >= 0.3 is 5.97 Å². The molecule has 1 amide bonds. The third-order valence-corrected chi connectivity index (χ3v) is 4.35. The fourth-order valence-corrected chi connectivity index (χ4v) is 3.04. The number of amides is 1. The Kier molecular flexibility index (Phi) is 4.42. The number of aliphatic carboxylic acids is 1. The number of carboxylic acid groups (broad SMARTS) is 1.